The van der Waals surface area contributed by atoms with Crippen molar-refractivity contribution in [2.75, 3.05) is 11.4 Å². The SMILES string of the molecule is CC(C)(C)OC(=O)N1CC=Cc2ncccc21. The minimum absolute atomic E-state index is 0.337. The van der Waals surface area contributed by atoms with Gasteiger partial charge in [0, 0.05) is 12.7 Å². The lowest BCUT2D eigenvalue weighted by molar-refractivity contribution is 0.0584. The molecule has 17 heavy (non-hydrogen) atoms. The van der Waals surface area contributed by atoms with E-state index in [2.05, 4.69) is 4.98 Å². The Hall–Kier alpha value is -1.84. The average Bonchev–Trinajstić information content (AvgIpc) is 2.26. The van der Waals surface area contributed by atoms with Crippen LogP contribution in [0.2, 0.25) is 0 Å². The molecule has 0 aromatic carbocycles. The van der Waals surface area contributed by atoms with Crippen LogP contribution >= 0.6 is 0 Å². The number of fused-ring (bicyclic) bond motifs is 1. The summed E-state index contributed by atoms with van der Waals surface area (Å²) in [7, 11) is 0. The molecule has 2 rings (SSSR count). The number of amides is 1. The second-order valence-corrected chi connectivity index (χ2v) is 4.90. The molecule has 0 saturated heterocycles. The lowest BCUT2D eigenvalue weighted by atomic mass is 10.2. The number of carbonyl (C=O) groups is 1. The number of rotatable bonds is 0. The maximum absolute atomic E-state index is 12.0. The zero-order valence-corrected chi connectivity index (χ0v) is 10.3. The first-order chi connectivity index (χ1) is 7.97. The van der Waals surface area contributed by atoms with E-state index in [1.54, 1.807) is 11.1 Å². The number of aromatic nitrogens is 1. The summed E-state index contributed by atoms with van der Waals surface area (Å²) in [5.74, 6) is 0. The Morgan fingerprint density at radius 1 is 1.47 bits per heavy atom. The number of hydrogen-bond donors (Lipinski definition) is 0. The molecule has 4 nitrogen and oxygen atoms in total. The van der Waals surface area contributed by atoms with Gasteiger partial charge < -0.3 is 4.74 Å². The van der Waals surface area contributed by atoms with Crippen LogP contribution in [0.4, 0.5) is 10.5 Å². The summed E-state index contributed by atoms with van der Waals surface area (Å²) in [6.07, 6.45) is 5.19. The lowest BCUT2D eigenvalue weighted by Crippen LogP contribution is -2.38. The molecule has 0 spiro atoms. The van der Waals surface area contributed by atoms with E-state index in [0.29, 0.717) is 6.54 Å². The molecule has 0 N–H and O–H groups in total. The molecule has 0 bridgehead atoms. The predicted molar refractivity (Wildman–Crippen MR) is 66.9 cm³/mol. The Labute approximate surface area is 101 Å². The van der Waals surface area contributed by atoms with Crippen LogP contribution in [-0.4, -0.2) is 23.2 Å². The topological polar surface area (TPSA) is 42.4 Å². The molecule has 0 radical (unpaired) electrons. The molecule has 2 heterocycles. The molecule has 0 aliphatic carbocycles. The largest absolute Gasteiger partial charge is 0.443 e. The number of anilines is 1. The van der Waals surface area contributed by atoms with Crippen LogP contribution in [0.1, 0.15) is 26.5 Å². The van der Waals surface area contributed by atoms with Gasteiger partial charge in [0.05, 0.1) is 11.4 Å². The number of nitrogens with zero attached hydrogens (tertiary/aromatic N) is 2. The van der Waals surface area contributed by atoms with Crippen molar-refractivity contribution in [2.24, 2.45) is 0 Å². The van der Waals surface area contributed by atoms with Crippen molar-refractivity contribution in [1.29, 1.82) is 0 Å². The third-order valence-electron chi connectivity index (χ3n) is 2.28. The third-order valence-corrected chi connectivity index (χ3v) is 2.28. The molecular formula is C13H16N2O2. The fourth-order valence-electron chi connectivity index (χ4n) is 1.62. The molecule has 4 heteroatoms. The summed E-state index contributed by atoms with van der Waals surface area (Å²) >= 11 is 0. The van der Waals surface area contributed by atoms with Crippen LogP contribution < -0.4 is 4.90 Å². The normalized spacial score (nSPS) is 14.4. The summed E-state index contributed by atoms with van der Waals surface area (Å²) in [5.41, 5.74) is 1.11. The first-order valence-corrected chi connectivity index (χ1v) is 5.59. The van der Waals surface area contributed by atoms with Gasteiger partial charge in [0.15, 0.2) is 0 Å². The van der Waals surface area contributed by atoms with E-state index >= 15 is 0 Å². The van der Waals surface area contributed by atoms with E-state index in [4.69, 9.17) is 4.74 Å². The van der Waals surface area contributed by atoms with E-state index in [1.807, 2.05) is 45.1 Å². The minimum atomic E-state index is -0.485. The van der Waals surface area contributed by atoms with Crippen molar-refractivity contribution in [1.82, 2.24) is 4.98 Å². The molecule has 0 unspecified atom stereocenters. The standard InChI is InChI=1S/C13H16N2O2/c1-13(2,3)17-12(16)15-9-5-6-10-11(15)7-4-8-14-10/h4-8H,9H2,1-3H3. The van der Waals surface area contributed by atoms with E-state index in [1.165, 1.54) is 0 Å². The fraction of sp³-hybridized carbons (Fsp3) is 0.385. The van der Waals surface area contributed by atoms with Gasteiger partial charge in [-0.05, 0) is 39.0 Å². The van der Waals surface area contributed by atoms with E-state index in [-0.39, 0.29) is 6.09 Å². The Bertz CT molecular complexity index is 461. The van der Waals surface area contributed by atoms with Crippen LogP contribution in [0.3, 0.4) is 0 Å². The van der Waals surface area contributed by atoms with Crippen molar-refractivity contribution >= 4 is 17.9 Å². The van der Waals surface area contributed by atoms with Gasteiger partial charge in [-0.15, -0.1) is 0 Å². The van der Waals surface area contributed by atoms with Crippen molar-refractivity contribution in [3.63, 3.8) is 0 Å². The van der Waals surface area contributed by atoms with Gasteiger partial charge in [-0.3, -0.25) is 9.88 Å². The Kier molecular flexibility index (Phi) is 2.88. The highest BCUT2D eigenvalue weighted by atomic mass is 16.6. The smallest absolute Gasteiger partial charge is 0.415 e. The summed E-state index contributed by atoms with van der Waals surface area (Å²) in [5, 5.41) is 0. The highest BCUT2D eigenvalue weighted by Gasteiger charge is 2.25. The summed E-state index contributed by atoms with van der Waals surface area (Å²) < 4.78 is 5.36. The maximum atomic E-state index is 12.0. The van der Waals surface area contributed by atoms with E-state index < -0.39 is 5.60 Å². The molecule has 0 saturated carbocycles. The van der Waals surface area contributed by atoms with Gasteiger partial charge in [-0.1, -0.05) is 6.08 Å². The lowest BCUT2D eigenvalue weighted by Gasteiger charge is -2.28. The van der Waals surface area contributed by atoms with Crippen molar-refractivity contribution in [3.8, 4) is 0 Å². The van der Waals surface area contributed by atoms with Gasteiger partial charge in [0.25, 0.3) is 0 Å². The summed E-state index contributed by atoms with van der Waals surface area (Å²) in [6.45, 7) is 6.09. The molecule has 1 aliphatic rings. The van der Waals surface area contributed by atoms with Crippen molar-refractivity contribution < 1.29 is 9.53 Å². The van der Waals surface area contributed by atoms with Crippen molar-refractivity contribution in [3.05, 3.63) is 30.1 Å². The van der Waals surface area contributed by atoms with Gasteiger partial charge in [0.1, 0.15) is 5.60 Å². The number of pyridine rings is 1. The average molecular weight is 232 g/mol. The van der Waals surface area contributed by atoms with E-state index in [0.717, 1.165) is 11.4 Å². The zero-order chi connectivity index (χ0) is 12.5. The summed E-state index contributed by atoms with van der Waals surface area (Å²) in [6, 6.07) is 3.69. The van der Waals surface area contributed by atoms with Crippen molar-refractivity contribution in [2.45, 2.75) is 26.4 Å². The molecule has 1 aliphatic heterocycles. The number of ether oxygens (including phenoxy) is 1. The third kappa shape index (κ3) is 2.64. The Balaban J connectivity index is 2.24. The quantitative estimate of drug-likeness (QED) is 0.690. The second kappa shape index (κ2) is 4.20. The summed E-state index contributed by atoms with van der Waals surface area (Å²) in [4.78, 5) is 17.8. The Morgan fingerprint density at radius 2 is 2.24 bits per heavy atom. The monoisotopic (exact) mass is 232 g/mol. The highest BCUT2D eigenvalue weighted by Crippen LogP contribution is 2.25. The maximum Gasteiger partial charge on any atom is 0.415 e. The molecule has 1 aromatic rings. The van der Waals surface area contributed by atoms with Crippen LogP contribution in [-0.2, 0) is 4.74 Å². The molecule has 1 amide bonds. The van der Waals surface area contributed by atoms with Crippen LogP contribution in [0.15, 0.2) is 24.4 Å². The van der Waals surface area contributed by atoms with E-state index in [9.17, 15) is 4.79 Å². The molecular weight excluding hydrogens is 216 g/mol. The number of carbonyl (C=O) groups excluding carboxylic acids is 1. The van der Waals surface area contributed by atoms with Gasteiger partial charge >= 0.3 is 6.09 Å². The zero-order valence-electron chi connectivity index (χ0n) is 10.3. The molecule has 1 aromatic heterocycles. The highest BCUT2D eigenvalue weighted by molar-refractivity contribution is 5.92. The minimum Gasteiger partial charge on any atom is -0.443 e. The van der Waals surface area contributed by atoms with Crippen LogP contribution in [0, 0.1) is 0 Å². The van der Waals surface area contributed by atoms with Gasteiger partial charge in [-0.2, -0.15) is 0 Å². The molecule has 0 atom stereocenters. The fourth-order valence-corrected chi connectivity index (χ4v) is 1.62. The Morgan fingerprint density at radius 3 is 2.94 bits per heavy atom. The predicted octanol–water partition coefficient (Wildman–Crippen LogP) is 2.85. The van der Waals surface area contributed by atoms with Gasteiger partial charge in [-0.25, -0.2) is 4.79 Å². The first kappa shape index (κ1) is 11.6. The molecule has 0 fully saturated rings. The van der Waals surface area contributed by atoms with Crippen LogP contribution in [0.25, 0.3) is 6.08 Å². The van der Waals surface area contributed by atoms with Gasteiger partial charge in [0.2, 0.25) is 0 Å². The molecule has 90 valence electrons. The second-order valence-electron chi connectivity index (χ2n) is 4.90. The van der Waals surface area contributed by atoms with Crippen LogP contribution in [0.5, 0.6) is 0 Å². The number of hydrogen-bond acceptors (Lipinski definition) is 3. The first-order valence-electron chi connectivity index (χ1n) is 5.59.